The second kappa shape index (κ2) is 2.63. The highest BCUT2D eigenvalue weighted by Crippen LogP contribution is 1.93. The van der Waals surface area contributed by atoms with E-state index in [1.807, 2.05) is 0 Å². The molecule has 0 rings (SSSR count). The number of hydrogen-bond donors (Lipinski definition) is 2. The summed E-state index contributed by atoms with van der Waals surface area (Å²) in [6.45, 7) is 0. The van der Waals surface area contributed by atoms with Crippen LogP contribution in [0, 0.1) is 0 Å². The highest BCUT2D eigenvalue weighted by molar-refractivity contribution is 7.83. The van der Waals surface area contributed by atoms with E-state index in [0.29, 0.717) is 5.41 Å². The van der Waals surface area contributed by atoms with Gasteiger partial charge in [0.05, 0.1) is 0 Å². The van der Waals surface area contributed by atoms with Crippen LogP contribution in [0.2, 0.25) is 0 Å². The summed E-state index contributed by atoms with van der Waals surface area (Å²) >= 11 is 3.32. The first-order valence-electron chi connectivity index (χ1n) is 1.48. The van der Waals surface area contributed by atoms with Gasteiger partial charge in [0.2, 0.25) is 0 Å². The Labute approximate surface area is 45.6 Å². The van der Waals surface area contributed by atoms with E-state index in [4.69, 9.17) is 0 Å². The van der Waals surface area contributed by atoms with Crippen LogP contribution >= 0.6 is 12.6 Å². The van der Waals surface area contributed by atoms with Gasteiger partial charge in [-0.05, 0) is 0 Å². The van der Waals surface area contributed by atoms with Gasteiger partial charge in [0.25, 0.3) is 5.91 Å². The van der Waals surface area contributed by atoms with Gasteiger partial charge in [0, 0.05) is 5.41 Å². The van der Waals surface area contributed by atoms with Crippen molar-refractivity contribution in [3.05, 3.63) is 11.2 Å². The second-order valence-corrected chi connectivity index (χ2v) is 1.10. The Morgan fingerprint density at radius 1 is 1.86 bits per heavy atom. The van der Waals surface area contributed by atoms with Crippen LogP contribution in [0.1, 0.15) is 0 Å². The average molecular weight is 121 g/mol. The minimum Gasteiger partial charge on any atom is -0.364 e. The van der Waals surface area contributed by atoms with E-state index >= 15 is 0 Å². The van der Waals surface area contributed by atoms with Gasteiger partial charge in [0.1, 0.15) is 0 Å². The van der Waals surface area contributed by atoms with Gasteiger partial charge in [-0.25, -0.2) is 4.39 Å². The van der Waals surface area contributed by atoms with Crippen molar-refractivity contribution in [2.75, 3.05) is 0 Å². The molecule has 40 valence electrons. The Morgan fingerprint density at radius 2 is 2.29 bits per heavy atom. The molecule has 0 aliphatic carbocycles. The summed E-state index contributed by atoms with van der Waals surface area (Å²) in [6.07, 6.45) is 0. The van der Waals surface area contributed by atoms with Crippen LogP contribution in [0.4, 0.5) is 4.39 Å². The molecule has 0 atom stereocenters. The van der Waals surface area contributed by atoms with Crippen molar-refractivity contribution in [1.29, 1.82) is 0 Å². The molecule has 0 aromatic carbocycles. The normalized spacial score (nSPS) is 11.4. The molecule has 2 nitrogen and oxygen atoms in total. The van der Waals surface area contributed by atoms with E-state index in [-0.39, 0.29) is 0 Å². The predicted molar refractivity (Wildman–Crippen MR) is 27.4 cm³/mol. The predicted octanol–water partition coefficient (Wildman–Crippen LogP) is 0.212. The van der Waals surface area contributed by atoms with Crippen LogP contribution in [0.25, 0.3) is 0 Å². The standard InChI is InChI=1S/C3H4FNOS/c4-2(1-7)3(5)6/h1,7H,(H2,5,6)/b2-1-. The fourth-order valence-electron chi connectivity index (χ4n) is 0.0636. The number of halogens is 1. The lowest BCUT2D eigenvalue weighted by Gasteiger charge is -1.80. The number of carbonyl (C=O) groups is 1. The first-order valence-corrected chi connectivity index (χ1v) is 2.00. The topological polar surface area (TPSA) is 43.1 Å². The van der Waals surface area contributed by atoms with E-state index in [0.717, 1.165) is 0 Å². The van der Waals surface area contributed by atoms with Crippen molar-refractivity contribution >= 4 is 18.5 Å². The molecular formula is C3H4FNOS. The third kappa shape index (κ3) is 2.22. The molecule has 0 saturated carbocycles. The highest BCUT2D eigenvalue weighted by atomic mass is 32.1. The molecule has 0 aromatic heterocycles. The van der Waals surface area contributed by atoms with Gasteiger partial charge in [0.15, 0.2) is 5.83 Å². The highest BCUT2D eigenvalue weighted by Gasteiger charge is 1.97. The number of thiol groups is 1. The van der Waals surface area contributed by atoms with Gasteiger partial charge in [-0.1, -0.05) is 0 Å². The maximum absolute atomic E-state index is 11.6. The number of amides is 1. The third-order valence-corrected chi connectivity index (χ3v) is 0.575. The van der Waals surface area contributed by atoms with Crippen LogP contribution in [-0.4, -0.2) is 5.91 Å². The number of primary amides is 1. The molecule has 7 heavy (non-hydrogen) atoms. The minimum absolute atomic E-state index is 0.711. The van der Waals surface area contributed by atoms with Crippen molar-refractivity contribution in [1.82, 2.24) is 0 Å². The average Bonchev–Trinajstić information content (AvgIpc) is 1.65. The van der Waals surface area contributed by atoms with Crippen LogP contribution in [0.15, 0.2) is 11.2 Å². The summed E-state index contributed by atoms with van der Waals surface area (Å²) in [7, 11) is 0. The Bertz CT molecular complexity index is 112. The molecular weight excluding hydrogens is 117 g/mol. The zero-order valence-electron chi connectivity index (χ0n) is 3.39. The Balaban J connectivity index is 3.82. The number of carbonyl (C=O) groups excluding carboxylic acids is 1. The fourth-order valence-corrected chi connectivity index (χ4v) is 0.191. The van der Waals surface area contributed by atoms with Crippen LogP contribution in [0.3, 0.4) is 0 Å². The van der Waals surface area contributed by atoms with Gasteiger partial charge in [-0.15, -0.1) is 12.6 Å². The number of rotatable bonds is 1. The van der Waals surface area contributed by atoms with Crippen molar-refractivity contribution in [3.63, 3.8) is 0 Å². The van der Waals surface area contributed by atoms with E-state index in [1.54, 1.807) is 0 Å². The molecule has 0 saturated heterocycles. The molecule has 0 fully saturated rings. The van der Waals surface area contributed by atoms with Crippen LogP contribution in [-0.2, 0) is 4.79 Å². The largest absolute Gasteiger partial charge is 0.364 e. The summed E-state index contributed by atoms with van der Waals surface area (Å²) < 4.78 is 11.6. The second-order valence-electron chi connectivity index (χ2n) is 0.841. The Kier molecular flexibility index (Phi) is 2.44. The van der Waals surface area contributed by atoms with Gasteiger partial charge in [-0.3, -0.25) is 4.79 Å². The van der Waals surface area contributed by atoms with Crippen molar-refractivity contribution in [3.8, 4) is 0 Å². The minimum atomic E-state index is -1.09. The Hall–Kier alpha value is -0.510. The maximum Gasteiger partial charge on any atom is 0.277 e. The van der Waals surface area contributed by atoms with Gasteiger partial charge in [-0.2, -0.15) is 0 Å². The van der Waals surface area contributed by atoms with E-state index < -0.39 is 11.7 Å². The van der Waals surface area contributed by atoms with Crippen molar-refractivity contribution < 1.29 is 9.18 Å². The van der Waals surface area contributed by atoms with E-state index in [9.17, 15) is 9.18 Å². The molecule has 0 aromatic rings. The van der Waals surface area contributed by atoms with Gasteiger partial charge >= 0.3 is 0 Å². The molecule has 1 amide bonds. The van der Waals surface area contributed by atoms with Crippen LogP contribution < -0.4 is 5.73 Å². The smallest absolute Gasteiger partial charge is 0.277 e. The molecule has 0 radical (unpaired) electrons. The van der Waals surface area contributed by atoms with E-state index in [1.165, 1.54) is 0 Å². The molecule has 4 heteroatoms. The lowest BCUT2D eigenvalue weighted by Crippen LogP contribution is -2.09. The first-order chi connectivity index (χ1) is 3.18. The summed E-state index contributed by atoms with van der Waals surface area (Å²) in [4.78, 5) is 9.66. The van der Waals surface area contributed by atoms with Crippen molar-refractivity contribution in [2.24, 2.45) is 5.73 Å². The Morgan fingerprint density at radius 3 is 2.29 bits per heavy atom. The summed E-state index contributed by atoms with van der Waals surface area (Å²) in [5.74, 6) is -2.11. The van der Waals surface area contributed by atoms with Gasteiger partial charge < -0.3 is 5.73 Å². The summed E-state index contributed by atoms with van der Waals surface area (Å²) in [5, 5.41) is 0.711. The monoisotopic (exact) mass is 121 g/mol. The SMILES string of the molecule is NC(=O)/C(F)=C/S. The lowest BCUT2D eigenvalue weighted by molar-refractivity contribution is -0.115. The molecule has 0 unspecified atom stereocenters. The molecule has 2 N–H and O–H groups in total. The van der Waals surface area contributed by atoms with Crippen molar-refractivity contribution in [2.45, 2.75) is 0 Å². The first kappa shape index (κ1) is 6.49. The van der Waals surface area contributed by atoms with E-state index in [2.05, 4.69) is 18.4 Å². The zero-order valence-corrected chi connectivity index (χ0v) is 4.28. The molecule has 0 heterocycles. The summed E-state index contributed by atoms with van der Waals surface area (Å²) in [6, 6.07) is 0. The zero-order chi connectivity index (χ0) is 5.86. The molecule has 0 bridgehead atoms. The lowest BCUT2D eigenvalue weighted by atomic mass is 10.6. The fraction of sp³-hybridized carbons (Fsp3) is 0. The number of nitrogens with two attached hydrogens (primary N) is 1. The molecule has 0 spiro atoms. The summed E-state index contributed by atoms with van der Waals surface area (Å²) in [5.41, 5.74) is 4.42. The van der Waals surface area contributed by atoms with Crippen LogP contribution in [0.5, 0.6) is 0 Å². The molecule has 0 aliphatic rings. The maximum atomic E-state index is 11.6. The third-order valence-electron chi connectivity index (χ3n) is 0.349. The quantitative estimate of drug-likeness (QED) is 0.378. The molecule has 0 aliphatic heterocycles. The number of hydrogen-bond acceptors (Lipinski definition) is 2.